The zero-order chi connectivity index (χ0) is 16.5. The van der Waals surface area contributed by atoms with E-state index in [9.17, 15) is 4.79 Å². The van der Waals surface area contributed by atoms with Gasteiger partial charge in [0.1, 0.15) is 11.5 Å². The molecule has 5 nitrogen and oxygen atoms in total. The number of carbonyl (C=O) groups excluding carboxylic acids is 1. The molecule has 1 fully saturated rings. The number of aryl methyl sites for hydroxylation is 1. The molecular weight excluding hydrogens is 322 g/mol. The van der Waals surface area contributed by atoms with Crippen LogP contribution in [0.25, 0.3) is 10.8 Å². The number of piperidine rings is 1. The van der Waals surface area contributed by atoms with Gasteiger partial charge in [-0.25, -0.2) is 4.98 Å². The van der Waals surface area contributed by atoms with Crippen molar-refractivity contribution >= 4 is 17.2 Å². The summed E-state index contributed by atoms with van der Waals surface area (Å²) in [5, 5.41) is 2.58. The van der Waals surface area contributed by atoms with E-state index in [4.69, 9.17) is 4.42 Å². The molecule has 0 atom stereocenters. The normalized spacial score (nSPS) is 15.8. The summed E-state index contributed by atoms with van der Waals surface area (Å²) in [5.74, 6) is 1.59. The van der Waals surface area contributed by atoms with Crippen LogP contribution < -0.4 is 0 Å². The number of furan rings is 1. The first-order valence-corrected chi connectivity index (χ1v) is 9.03. The maximum Gasteiger partial charge on any atom is 0.273 e. The summed E-state index contributed by atoms with van der Waals surface area (Å²) in [5.41, 5.74) is 0.517. The van der Waals surface area contributed by atoms with E-state index < -0.39 is 0 Å². The summed E-state index contributed by atoms with van der Waals surface area (Å²) < 4.78 is 7.82. The smallest absolute Gasteiger partial charge is 0.273 e. The highest BCUT2D eigenvalue weighted by Gasteiger charge is 2.25. The molecular formula is C18H19N3O2S. The number of aromatic nitrogens is 2. The lowest BCUT2D eigenvalue weighted by Gasteiger charge is -2.32. The molecule has 124 valence electrons. The highest BCUT2D eigenvalue weighted by atomic mass is 32.1. The lowest BCUT2D eigenvalue weighted by Crippen LogP contribution is -2.39. The van der Waals surface area contributed by atoms with Crippen LogP contribution in [-0.4, -0.2) is 33.4 Å². The van der Waals surface area contributed by atoms with E-state index in [2.05, 4.69) is 21.9 Å². The van der Waals surface area contributed by atoms with Crippen molar-refractivity contribution in [3.63, 3.8) is 0 Å². The van der Waals surface area contributed by atoms with Crippen molar-refractivity contribution in [3.05, 3.63) is 53.5 Å². The van der Waals surface area contributed by atoms with Crippen molar-refractivity contribution in [1.82, 2.24) is 14.5 Å². The predicted octanol–water partition coefficient (Wildman–Crippen LogP) is 3.99. The van der Waals surface area contributed by atoms with Gasteiger partial charge in [-0.1, -0.05) is 0 Å². The Morgan fingerprint density at radius 2 is 2.00 bits per heavy atom. The van der Waals surface area contributed by atoms with Crippen LogP contribution in [0.2, 0.25) is 0 Å². The maximum absolute atomic E-state index is 12.7. The molecule has 0 aliphatic carbocycles. The number of nitrogens with zero attached hydrogens (tertiary/aromatic N) is 3. The number of thiazole rings is 1. The van der Waals surface area contributed by atoms with Gasteiger partial charge in [-0.2, -0.15) is 0 Å². The second-order valence-corrected chi connectivity index (χ2v) is 6.96. The highest BCUT2D eigenvalue weighted by Crippen LogP contribution is 2.27. The van der Waals surface area contributed by atoms with Crippen LogP contribution >= 0.6 is 11.3 Å². The van der Waals surface area contributed by atoms with Crippen LogP contribution in [0.3, 0.4) is 0 Å². The number of hydrogen-bond acceptors (Lipinski definition) is 4. The third-order valence-electron chi connectivity index (χ3n) is 4.48. The molecule has 1 aliphatic heterocycles. The largest absolute Gasteiger partial charge is 0.459 e. The Labute approximate surface area is 144 Å². The molecule has 3 aromatic rings. The molecule has 0 N–H and O–H groups in total. The first-order valence-electron chi connectivity index (χ1n) is 8.15. The molecule has 4 rings (SSSR count). The molecule has 0 saturated carbocycles. The van der Waals surface area contributed by atoms with Gasteiger partial charge in [0, 0.05) is 36.9 Å². The first-order chi connectivity index (χ1) is 11.7. The van der Waals surface area contributed by atoms with Gasteiger partial charge >= 0.3 is 0 Å². The molecule has 0 radical (unpaired) electrons. The standard InChI is InChI=1S/C18H19N3O2S/c1-13-4-5-16(23-13)17-19-15(12-24-17)18(22)21-10-6-14(7-11-21)20-8-2-3-9-20/h2-5,8-9,12,14H,6-7,10-11H2,1H3. The van der Waals surface area contributed by atoms with E-state index in [1.807, 2.05) is 41.5 Å². The van der Waals surface area contributed by atoms with Gasteiger partial charge in [0.15, 0.2) is 10.8 Å². The van der Waals surface area contributed by atoms with E-state index >= 15 is 0 Å². The minimum Gasteiger partial charge on any atom is -0.459 e. The van der Waals surface area contributed by atoms with Crippen molar-refractivity contribution in [1.29, 1.82) is 0 Å². The second kappa shape index (κ2) is 6.28. The SMILES string of the molecule is Cc1ccc(-c2nc(C(=O)N3CCC(n4cccc4)CC3)cs2)o1. The summed E-state index contributed by atoms with van der Waals surface area (Å²) in [4.78, 5) is 19.1. The van der Waals surface area contributed by atoms with Gasteiger partial charge in [0.2, 0.25) is 0 Å². The third kappa shape index (κ3) is 2.89. The summed E-state index contributed by atoms with van der Waals surface area (Å²) in [6.45, 7) is 3.45. The van der Waals surface area contributed by atoms with Gasteiger partial charge in [-0.05, 0) is 44.0 Å². The third-order valence-corrected chi connectivity index (χ3v) is 5.33. The molecule has 0 bridgehead atoms. The number of carbonyl (C=O) groups is 1. The van der Waals surface area contributed by atoms with Crippen LogP contribution in [0.1, 0.15) is 35.1 Å². The lowest BCUT2D eigenvalue weighted by atomic mass is 10.0. The minimum absolute atomic E-state index is 0.0201. The predicted molar refractivity (Wildman–Crippen MR) is 93.2 cm³/mol. The number of amides is 1. The summed E-state index contributed by atoms with van der Waals surface area (Å²) in [6.07, 6.45) is 6.16. The van der Waals surface area contributed by atoms with E-state index in [-0.39, 0.29) is 5.91 Å². The number of likely N-dealkylation sites (tertiary alicyclic amines) is 1. The van der Waals surface area contributed by atoms with Crippen molar-refractivity contribution in [2.45, 2.75) is 25.8 Å². The van der Waals surface area contributed by atoms with Crippen molar-refractivity contribution in [2.24, 2.45) is 0 Å². The van der Waals surface area contributed by atoms with E-state index in [0.29, 0.717) is 11.7 Å². The van der Waals surface area contributed by atoms with Crippen LogP contribution in [0.5, 0.6) is 0 Å². The van der Waals surface area contributed by atoms with Gasteiger partial charge in [0.05, 0.1) is 0 Å². The Hall–Kier alpha value is -2.34. The Morgan fingerprint density at radius 3 is 2.67 bits per heavy atom. The molecule has 6 heteroatoms. The van der Waals surface area contributed by atoms with E-state index in [1.54, 1.807) is 0 Å². The Balaban J connectivity index is 1.42. The van der Waals surface area contributed by atoms with Crippen molar-refractivity contribution in [3.8, 4) is 10.8 Å². The lowest BCUT2D eigenvalue weighted by molar-refractivity contribution is 0.0689. The molecule has 4 heterocycles. The van der Waals surface area contributed by atoms with E-state index in [0.717, 1.165) is 42.5 Å². The average Bonchev–Trinajstić information content (AvgIpc) is 3.35. The monoisotopic (exact) mass is 341 g/mol. The van der Waals surface area contributed by atoms with Crippen molar-refractivity contribution in [2.75, 3.05) is 13.1 Å². The van der Waals surface area contributed by atoms with Crippen LogP contribution in [0.4, 0.5) is 0 Å². The topological polar surface area (TPSA) is 51.3 Å². The van der Waals surface area contributed by atoms with Gasteiger partial charge in [-0.3, -0.25) is 4.79 Å². The molecule has 1 aliphatic rings. The zero-order valence-corrected chi connectivity index (χ0v) is 14.3. The van der Waals surface area contributed by atoms with E-state index in [1.165, 1.54) is 11.3 Å². The Bertz CT molecular complexity index is 826. The van der Waals surface area contributed by atoms with Gasteiger partial charge in [-0.15, -0.1) is 11.3 Å². The first kappa shape index (κ1) is 15.2. The highest BCUT2D eigenvalue weighted by molar-refractivity contribution is 7.13. The van der Waals surface area contributed by atoms with Crippen LogP contribution in [-0.2, 0) is 0 Å². The maximum atomic E-state index is 12.7. The van der Waals surface area contributed by atoms with Crippen LogP contribution in [0, 0.1) is 6.92 Å². The summed E-state index contributed by atoms with van der Waals surface area (Å²) in [7, 11) is 0. The molecule has 3 aromatic heterocycles. The Kier molecular flexibility index (Phi) is 3.98. The molecule has 1 saturated heterocycles. The minimum atomic E-state index is 0.0201. The molecule has 24 heavy (non-hydrogen) atoms. The van der Waals surface area contributed by atoms with Gasteiger partial charge in [0.25, 0.3) is 5.91 Å². The average molecular weight is 341 g/mol. The fourth-order valence-electron chi connectivity index (χ4n) is 3.15. The Morgan fingerprint density at radius 1 is 1.25 bits per heavy atom. The molecule has 0 spiro atoms. The quantitative estimate of drug-likeness (QED) is 0.724. The van der Waals surface area contributed by atoms with Crippen LogP contribution in [0.15, 0.2) is 46.5 Å². The second-order valence-electron chi connectivity index (χ2n) is 6.10. The number of rotatable bonds is 3. The molecule has 1 amide bonds. The van der Waals surface area contributed by atoms with Crippen molar-refractivity contribution < 1.29 is 9.21 Å². The summed E-state index contributed by atoms with van der Waals surface area (Å²) in [6, 6.07) is 8.38. The molecule has 0 unspecified atom stereocenters. The van der Waals surface area contributed by atoms with Gasteiger partial charge < -0.3 is 13.9 Å². The molecule has 0 aromatic carbocycles. The number of hydrogen-bond donors (Lipinski definition) is 0. The fraction of sp³-hybridized carbons (Fsp3) is 0.333. The fourth-order valence-corrected chi connectivity index (χ4v) is 3.91. The summed E-state index contributed by atoms with van der Waals surface area (Å²) >= 11 is 1.45. The zero-order valence-electron chi connectivity index (χ0n) is 13.5.